The van der Waals surface area contributed by atoms with E-state index >= 15 is 0 Å². The van der Waals surface area contributed by atoms with E-state index in [4.69, 9.17) is 10.00 Å². The second-order valence-electron chi connectivity index (χ2n) is 11.2. The third kappa shape index (κ3) is 8.75. The van der Waals surface area contributed by atoms with Gasteiger partial charge in [0.05, 0.1) is 18.2 Å². The molecule has 2 aromatic rings. The summed E-state index contributed by atoms with van der Waals surface area (Å²) in [5, 5.41) is 16.1. The lowest BCUT2D eigenvalue weighted by Gasteiger charge is -2.35. The Morgan fingerprint density at radius 2 is 1.89 bits per heavy atom. The Bertz CT molecular complexity index is 1550. The molecule has 1 aromatic carbocycles. The van der Waals surface area contributed by atoms with Crippen molar-refractivity contribution in [3.05, 3.63) is 52.3 Å². The van der Waals surface area contributed by atoms with Crippen LogP contribution in [-0.4, -0.2) is 82.6 Å². The molecule has 2 heterocycles. The summed E-state index contributed by atoms with van der Waals surface area (Å²) >= 11 is 1.45. The Morgan fingerprint density at radius 1 is 1.24 bits per heavy atom. The van der Waals surface area contributed by atoms with Crippen molar-refractivity contribution in [3.8, 4) is 6.07 Å². The van der Waals surface area contributed by atoms with Gasteiger partial charge in [-0.15, -0.1) is 11.8 Å². The number of aryl methyl sites for hydroxylation is 1. The van der Waals surface area contributed by atoms with Crippen molar-refractivity contribution in [1.29, 1.82) is 5.26 Å². The molecule has 2 aliphatic rings. The van der Waals surface area contributed by atoms with Gasteiger partial charge in [-0.3, -0.25) is 18.5 Å². The Labute approximate surface area is 263 Å². The Kier molecular flexibility index (Phi) is 11.0. The van der Waals surface area contributed by atoms with Gasteiger partial charge in [0, 0.05) is 41.7 Å². The second-order valence-corrected chi connectivity index (χ2v) is 15.0. The van der Waals surface area contributed by atoms with E-state index in [1.165, 1.54) is 16.4 Å². The zero-order chi connectivity index (χ0) is 32.5. The maximum Gasteiger partial charge on any atom is 0.523 e. The maximum atomic E-state index is 14.0. The number of nitrogens with one attached hydrogen (secondary N) is 1. The third-order valence-electron chi connectivity index (χ3n) is 7.05. The van der Waals surface area contributed by atoms with Crippen LogP contribution < -0.4 is 5.32 Å². The molecular formula is C28H35F4N5O6S2. The molecule has 1 aliphatic carbocycles. The van der Waals surface area contributed by atoms with Crippen LogP contribution >= 0.6 is 11.8 Å². The molecule has 0 saturated heterocycles. The molecule has 0 spiro atoms. The van der Waals surface area contributed by atoms with E-state index in [9.17, 15) is 35.6 Å². The molecule has 1 aromatic heterocycles. The van der Waals surface area contributed by atoms with Gasteiger partial charge >= 0.3 is 15.6 Å². The topological polar surface area (TPSA) is 144 Å². The van der Waals surface area contributed by atoms with Crippen LogP contribution in [0, 0.1) is 11.3 Å². The summed E-state index contributed by atoms with van der Waals surface area (Å²) in [6, 6.07) is 8.82. The number of alkyl halides is 4. The summed E-state index contributed by atoms with van der Waals surface area (Å²) in [6.07, 6.45) is -0.466. The zero-order valence-electron chi connectivity index (χ0n) is 24.1. The van der Waals surface area contributed by atoms with Crippen LogP contribution in [-0.2, 0) is 39.1 Å². The normalized spacial score (nSPS) is 16.8. The van der Waals surface area contributed by atoms with Gasteiger partial charge < -0.3 is 15.0 Å². The number of nitrogens with zero attached hydrogens (tertiary/aromatic N) is 4. The average Bonchev–Trinajstić information content (AvgIpc) is 3.61. The van der Waals surface area contributed by atoms with Crippen molar-refractivity contribution in [1.82, 2.24) is 20.0 Å². The molecule has 0 radical (unpaired) electrons. The first-order chi connectivity index (χ1) is 20.5. The minimum atomic E-state index is -5.93. The number of halogens is 4. The Balaban J connectivity index is 0.00000552. The Morgan fingerprint density at radius 3 is 2.47 bits per heavy atom. The molecular weight excluding hydrogens is 642 g/mol. The van der Waals surface area contributed by atoms with Crippen LogP contribution in [0.3, 0.4) is 0 Å². The molecule has 45 heavy (non-hydrogen) atoms. The van der Waals surface area contributed by atoms with Crippen molar-refractivity contribution >= 4 is 33.7 Å². The summed E-state index contributed by atoms with van der Waals surface area (Å²) in [6.45, 7) is 2.75. The highest BCUT2D eigenvalue weighted by Gasteiger charge is 2.50. The van der Waals surface area contributed by atoms with Gasteiger partial charge in [-0.25, -0.2) is 4.39 Å². The molecule has 1 aliphatic heterocycles. The number of thioether (sulfide) groups is 1. The van der Waals surface area contributed by atoms with E-state index in [-0.39, 0.29) is 36.9 Å². The minimum absolute atomic E-state index is 0. The van der Waals surface area contributed by atoms with E-state index in [0.717, 1.165) is 18.4 Å². The predicted molar refractivity (Wildman–Crippen MR) is 157 cm³/mol. The smallest absolute Gasteiger partial charge is 0.347 e. The lowest BCUT2D eigenvalue weighted by molar-refractivity contribution is -0.0822. The lowest BCUT2D eigenvalue weighted by atomic mass is 10.0. The van der Waals surface area contributed by atoms with Crippen molar-refractivity contribution in [2.75, 3.05) is 26.3 Å². The molecule has 1 saturated carbocycles. The number of ether oxygens (including phenoxy) is 1. The molecule has 1 atom stereocenters. The van der Waals surface area contributed by atoms with Crippen LogP contribution in [0.5, 0.6) is 0 Å². The van der Waals surface area contributed by atoms with Gasteiger partial charge in [0.15, 0.2) is 5.69 Å². The standard InChI is InChI=1S/C27H31F4N5O6S2.CH4/c1-25(2,16-41-20(28)14-42-44(39,40)27(29,30)31)43-26(9-10-26)15-36-11-8-19-21(34-35(3)22(19)24(36)38)23(37)33-13-18-6-4-17(12-32)5-7-18;/h4-7,20H,8-11,13-16H2,1-3H3,(H,33,37);1H4. The van der Waals surface area contributed by atoms with Crippen molar-refractivity contribution < 1.29 is 44.5 Å². The number of carbonyl (C=O) groups is 2. The predicted octanol–water partition coefficient (Wildman–Crippen LogP) is 4.08. The monoisotopic (exact) mass is 677 g/mol. The summed E-state index contributed by atoms with van der Waals surface area (Å²) < 4.78 is 82.1. The van der Waals surface area contributed by atoms with Crippen LogP contribution in [0.4, 0.5) is 17.6 Å². The van der Waals surface area contributed by atoms with Crippen LogP contribution in [0.2, 0.25) is 0 Å². The summed E-state index contributed by atoms with van der Waals surface area (Å²) in [4.78, 5) is 28.2. The van der Waals surface area contributed by atoms with Crippen LogP contribution in [0.25, 0.3) is 0 Å². The SMILES string of the molecule is C.Cn1nc(C(=O)NCc2ccc(C#N)cc2)c2c1C(=O)N(CC1(SC(C)(C)COC(F)COS(=O)(=O)C(F)(F)F)CC1)CC2. The maximum absolute atomic E-state index is 14.0. The van der Waals surface area contributed by atoms with E-state index in [1.807, 2.05) is 6.07 Å². The Hall–Kier alpha value is -3.20. The zero-order valence-corrected chi connectivity index (χ0v) is 25.7. The third-order valence-corrected chi connectivity index (χ3v) is 9.70. The van der Waals surface area contributed by atoms with Gasteiger partial charge in [-0.1, -0.05) is 19.6 Å². The number of carbonyl (C=O) groups excluding carboxylic acids is 2. The second kappa shape index (κ2) is 13.7. The fourth-order valence-corrected chi connectivity index (χ4v) is 7.06. The lowest BCUT2D eigenvalue weighted by Crippen LogP contribution is -2.44. The average molecular weight is 678 g/mol. The van der Waals surface area contributed by atoms with Crippen molar-refractivity contribution in [2.24, 2.45) is 7.05 Å². The fourth-order valence-electron chi connectivity index (χ4n) is 4.81. The number of amides is 2. The molecule has 0 bridgehead atoms. The molecule has 1 unspecified atom stereocenters. The van der Waals surface area contributed by atoms with Crippen molar-refractivity contribution in [3.63, 3.8) is 0 Å². The fraction of sp³-hybridized carbons (Fsp3) is 0.571. The first-order valence-corrected chi connectivity index (χ1v) is 15.7. The first-order valence-electron chi connectivity index (χ1n) is 13.5. The van der Waals surface area contributed by atoms with E-state index < -0.39 is 39.2 Å². The minimum Gasteiger partial charge on any atom is -0.347 e. The van der Waals surface area contributed by atoms with Crippen LogP contribution in [0.1, 0.15) is 71.8 Å². The number of hydrogen-bond acceptors (Lipinski definition) is 9. The number of hydrogen-bond donors (Lipinski definition) is 1. The quantitative estimate of drug-likeness (QED) is 0.189. The molecule has 4 rings (SSSR count). The molecule has 11 nitrogen and oxygen atoms in total. The largest absolute Gasteiger partial charge is 0.523 e. The number of rotatable bonds is 13. The molecule has 2 amide bonds. The van der Waals surface area contributed by atoms with Gasteiger partial charge in [-0.05, 0) is 50.8 Å². The first kappa shape index (κ1) is 36.3. The summed E-state index contributed by atoms with van der Waals surface area (Å²) in [5.74, 6) is -0.698. The molecule has 1 N–H and O–H groups in total. The number of benzene rings is 1. The molecule has 17 heteroatoms. The van der Waals surface area contributed by atoms with E-state index in [2.05, 4.69) is 14.6 Å². The van der Waals surface area contributed by atoms with Gasteiger partial charge in [-0.2, -0.15) is 31.9 Å². The number of nitriles is 1. The van der Waals surface area contributed by atoms with Gasteiger partial charge in [0.1, 0.15) is 12.3 Å². The summed E-state index contributed by atoms with van der Waals surface area (Å²) in [5.41, 5.74) is -3.31. The highest BCUT2D eigenvalue weighted by Crippen LogP contribution is 2.54. The van der Waals surface area contributed by atoms with Crippen molar-refractivity contribution in [2.45, 2.75) is 68.4 Å². The summed E-state index contributed by atoms with van der Waals surface area (Å²) in [7, 11) is -4.34. The van der Waals surface area contributed by atoms with Crippen LogP contribution in [0.15, 0.2) is 24.3 Å². The molecule has 1 fully saturated rings. The van der Waals surface area contributed by atoms with E-state index in [0.29, 0.717) is 36.3 Å². The highest BCUT2D eigenvalue weighted by molar-refractivity contribution is 8.02. The number of fused-ring (bicyclic) bond motifs is 1. The number of aromatic nitrogens is 2. The van der Waals surface area contributed by atoms with Gasteiger partial charge in [0.25, 0.3) is 11.8 Å². The van der Waals surface area contributed by atoms with Gasteiger partial charge in [0.2, 0.25) is 6.36 Å². The molecule has 248 valence electrons. The van der Waals surface area contributed by atoms with E-state index in [1.54, 1.807) is 50.1 Å². The highest BCUT2D eigenvalue weighted by atomic mass is 32.2.